The number of anilines is 2. The summed E-state index contributed by atoms with van der Waals surface area (Å²) in [6.07, 6.45) is 0. The minimum absolute atomic E-state index is 0.0304. The van der Waals surface area contributed by atoms with E-state index < -0.39 is 0 Å². The first-order valence-corrected chi connectivity index (χ1v) is 13.1. The highest BCUT2D eigenvalue weighted by atomic mass is 35.5. The van der Waals surface area contributed by atoms with Crippen molar-refractivity contribution in [2.45, 2.75) is 31.6 Å². The summed E-state index contributed by atoms with van der Waals surface area (Å²) in [5.74, 6) is 0.777. The summed E-state index contributed by atoms with van der Waals surface area (Å²) in [4.78, 5) is 37.9. The molecule has 4 rings (SSSR count). The Labute approximate surface area is 220 Å². The number of thioether (sulfide) groups is 1. The molecule has 2 aromatic carbocycles. The monoisotopic (exact) mass is 524 g/mol. The van der Waals surface area contributed by atoms with Crippen molar-refractivity contribution in [2.24, 2.45) is 0 Å². The van der Waals surface area contributed by atoms with Crippen molar-refractivity contribution >= 4 is 46.8 Å². The minimum Gasteiger partial charge on any atom is -0.353 e. The van der Waals surface area contributed by atoms with Gasteiger partial charge in [-0.3, -0.25) is 4.79 Å². The summed E-state index contributed by atoms with van der Waals surface area (Å²) in [5.41, 5.74) is 2.92. The van der Waals surface area contributed by atoms with Crippen molar-refractivity contribution < 1.29 is 9.59 Å². The molecule has 3 aromatic rings. The van der Waals surface area contributed by atoms with E-state index in [4.69, 9.17) is 11.6 Å². The van der Waals surface area contributed by atoms with Gasteiger partial charge in [0.15, 0.2) is 5.16 Å². The number of aryl methyl sites for hydroxylation is 1. The molecule has 1 fully saturated rings. The molecule has 8 nitrogen and oxygen atoms in total. The van der Waals surface area contributed by atoms with Crippen molar-refractivity contribution in [1.29, 1.82) is 0 Å². The Bertz CT molecular complexity index is 1210. The summed E-state index contributed by atoms with van der Waals surface area (Å²) >= 11 is 7.52. The lowest BCUT2D eigenvalue weighted by molar-refractivity contribution is -0.118. The predicted molar refractivity (Wildman–Crippen MR) is 145 cm³/mol. The minimum atomic E-state index is -0.119. The van der Waals surface area contributed by atoms with Crippen molar-refractivity contribution in [3.63, 3.8) is 0 Å². The number of aromatic nitrogens is 2. The second kappa shape index (κ2) is 12.1. The highest BCUT2D eigenvalue weighted by Gasteiger charge is 2.28. The molecule has 188 valence electrons. The highest BCUT2D eigenvalue weighted by Crippen LogP contribution is 2.24. The molecule has 1 unspecified atom stereocenters. The maximum atomic E-state index is 12.8. The van der Waals surface area contributed by atoms with E-state index in [1.54, 1.807) is 6.07 Å². The molecule has 1 saturated heterocycles. The normalized spacial score (nSPS) is 15.5. The van der Waals surface area contributed by atoms with Crippen LogP contribution in [0.15, 0.2) is 65.8 Å². The van der Waals surface area contributed by atoms with Crippen LogP contribution in [0.4, 0.5) is 16.3 Å². The molecular formula is C26H29ClN6O2S. The Morgan fingerprint density at radius 3 is 2.64 bits per heavy atom. The molecule has 1 aliphatic rings. The van der Waals surface area contributed by atoms with E-state index in [1.165, 1.54) is 11.8 Å². The molecule has 10 heteroatoms. The van der Waals surface area contributed by atoms with E-state index in [0.29, 0.717) is 42.3 Å². The average Bonchev–Trinajstić information content (AvgIpc) is 2.86. The standard InChI is InChI=1S/C26H29ClN6O2S/c1-18-7-6-10-21(13-18)29-26(35)33-12-11-32(16-19(33)2)23-14-22(27)30-25(31-23)36-17-24(34)28-15-20-8-4-3-5-9-20/h3-10,13-14,19H,11-12,15-17H2,1-2H3,(H,28,34)(H,29,35). The lowest BCUT2D eigenvalue weighted by atomic mass is 10.2. The van der Waals surface area contributed by atoms with E-state index in [1.807, 2.05) is 73.3 Å². The number of urea groups is 1. The Hall–Kier alpha value is -3.30. The number of benzene rings is 2. The summed E-state index contributed by atoms with van der Waals surface area (Å²) in [6, 6.07) is 19.1. The lowest BCUT2D eigenvalue weighted by Crippen LogP contribution is -2.55. The second-order valence-corrected chi connectivity index (χ2v) is 10.0. The summed E-state index contributed by atoms with van der Waals surface area (Å²) in [6.45, 7) is 6.24. The predicted octanol–water partition coefficient (Wildman–Crippen LogP) is 4.59. The van der Waals surface area contributed by atoms with E-state index >= 15 is 0 Å². The Kier molecular flexibility index (Phi) is 8.66. The topological polar surface area (TPSA) is 90.5 Å². The Morgan fingerprint density at radius 1 is 1.08 bits per heavy atom. The van der Waals surface area contributed by atoms with Crippen LogP contribution >= 0.6 is 23.4 Å². The molecule has 0 aliphatic carbocycles. The molecule has 0 bridgehead atoms. The maximum Gasteiger partial charge on any atom is 0.322 e. The van der Waals surface area contributed by atoms with Crippen LogP contribution in [0.25, 0.3) is 0 Å². The van der Waals surface area contributed by atoms with Crippen molar-refractivity contribution in [3.8, 4) is 0 Å². The molecule has 1 aliphatic heterocycles. The molecule has 0 saturated carbocycles. The number of nitrogens with zero attached hydrogens (tertiary/aromatic N) is 4. The van der Waals surface area contributed by atoms with Crippen LogP contribution in [0.3, 0.4) is 0 Å². The first-order chi connectivity index (χ1) is 17.4. The molecule has 2 heterocycles. The summed E-state index contributed by atoms with van der Waals surface area (Å²) in [5, 5.41) is 6.65. The average molecular weight is 525 g/mol. The van der Waals surface area contributed by atoms with Crippen LogP contribution in [0.5, 0.6) is 0 Å². The highest BCUT2D eigenvalue weighted by molar-refractivity contribution is 7.99. The van der Waals surface area contributed by atoms with Crippen LogP contribution in [0.1, 0.15) is 18.1 Å². The molecule has 36 heavy (non-hydrogen) atoms. The zero-order valence-corrected chi connectivity index (χ0v) is 21.9. The number of piperazine rings is 1. The maximum absolute atomic E-state index is 12.8. The number of hydrogen-bond acceptors (Lipinski definition) is 6. The second-order valence-electron chi connectivity index (χ2n) is 8.67. The van der Waals surface area contributed by atoms with Gasteiger partial charge in [-0.1, -0.05) is 65.8 Å². The van der Waals surface area contributed by atoms with E-state index in [2.05, 4.69) is 25.5 Å². The van der Waals surface area contributed by atoms with Crippen molar-refractivity contribution in [2.75, 3.05) is 35.6 Å². The SMILES string of the molecule is Cc1cccc(NC(=O)N2CCN(c3cc(Cl)nc(SCC(=O)NCc4ccccc4)n3)CC2C)c1. The Morgan fingerprint density at radius 2 is 1.89 bits per heavy atom. The molecule has 0 spiro atoms. The number of nitrogens with one attached hydrogen (secondary N) is 2. The molecule has 1 aromatic heterocycles. The molecular weight excluding hydrogens is 496 g/mol. The zero-order chi connectivity index (χ0) is 25.5. The fourth-order valence-corrected chi connectivity index (χ4v) is 4.89. The van der Waals surface area contributed by atoms with Crippen LogP contribution in [-0.2, 0) is 11.3 Å². The third-order valence-corrected chi connectivity index (χ3v) is 6.85. The van der Waals surface area contributed by atoms with Gasteiger partial charge in [0.05, 0.1) is 5.75 Å². The third kappa shape index (κ3) is 7.11. The van der Waals surface area contributed by atoms with Gasteiger partial charge in [-0.05, 0) is 37.1 Å². The van der Waals surface area contributed by atoms with Gasteiger partial charge in [0.2, 0.25) is 5.91 Å². The summed E-state index contributed by atoms with van der Waals surface area (Å²) in [7, 11) is 0. The van der Waals surface area contributed by atoms with Crippen molar-refractivity contribution in [3.05, 3.63) is 76.9 Å². The molecule has 1 atom stereocenters. The smallest absolute Gasteiger partial charge is 0.322 e. The molecule has 3 amide bonds. The van der Waals surface area contributed by atoms with E-state index in [-0.39, 0.29) is 23.7 Å². The van der Waals surface area contributed by atoms with Crippen LogP contribution in [0.2, 0.25) is 5.15 Å². The van der Waals surface area contributed by atoms with Crippen LogP contribution in [0, 0.1) is 6.92 Å². The number of amides is 3. The number of carbonyl (C=O) groups excluding carboxylic acids is 2. The van der Waals surface area contributed by atoms with E-state index in [9.17, 15) is 9.59 Å². The number of carbonyl (C=O) groups is 2. The zero-order valence-electron chi connectivity index (χ0n) is 20.3. The van der Waals surface area contributed by atoms with Gasteiger partial charge < -0.3 is 20.4 Å². The van der Waals surface area contributed by atoms with Gasteiger partial charge in [0.25, 0.3) is 0 Å². The third-order valence-electron chi connectivity index (χ3n) is 5.81. The van der Waals surface area contributed by atoms with Crippen molar-refractivity contribution in [1.82, 2.24) is 20.2 Å². The quantitative estimate of drug-likeness (QED) is 0.267. The first-order valence-electron chi connectivity index (χ1n) is 11.7. The Balaban J connectivity index is 1.31. The number of hydrogen-bond donors (Lipinski definition) is 2. The fourth-order valence-electron chi connectivity index (χ4n) is 3.98. The van der Waals surface area contributed by atoms with Gasteiger partial charge in [0, 0.05) is 44.0 Å². The number of rotatable bonds is 7. The summed E-state index contributed by atoms with van der Waals surface area (Å²) < 4.78 is 0. The van der Waals surface area contributed by atoms with Gasteiger partial charge in [0.1, 0.15) is 11.0 Å². The van der Waals surface area contributed by atoms with Gasteiger partial charge in [-0.25, -0.2) is 14.8 Å². The largest absolute Gasteiger partial charge is 0.353 e. The van der Waals surface area contributed by atoms with E-state index in [0.717, 1.165) is 16.8 Å². The van der Waals surface area contributed by atoms with Gasteiger partial charge in [-0.15, -0.1) is 0 Å². The van der Waals surface area contributed by atoms with Crippen LogP contribution in [-0.4, -0.2) is 58.2 Å². The molecule has 0 radical (unpaired) electrons. The lowest BCUT2D eigenvalue weighted by Gasteiger charge is -2.40. The first kappa shape index (κ1) is 25.8. The van der Waals surface area contributed by atoms with Gasteiger partial charge in [-0.2, -0.15) is 0 Å². The molecule has 2 N–H and O–H groups in total. The van der Waals surface area contributed by atoms with Gasteiger partial charge >= 0.3 is 6.03 Å². The fraction of sp³-hybridized carbons (Fsp3) is 0.308. The number of halogens is 1. The van der Waals surface area contributed by atoms with Crippen LogP contribution < -0.4 is 15.5 Å².